The molecule has 0 aromatic heterocycles. The molecule has 0 aliphatic heterocycles. The first-order valence-electron chi connectivity index (χ1n) is 8.20. The Labute approximate surface area is 123 Å². The minimum absolute atomic E-state index is 0.165. The molecule has 1 rings (SSSR count). The van der Waals surface area contributed by atoms with Crippen molar-refractivity contribution in [2.45, 2.75) is 64.8 Å². The number of rotatable bonds is 10. The number of nitrogens with zero attached hydrogens (tertiary/aromatic N) is 1. The number of carbonyl (C=O) groups is 1. The highest BCUT2D eigenvalue weighted by atomic mass is 16.3. The lowest BCUT2D eigenvalue weighted by Gasteiger charge is -2.38. The second-order valence-electron chi connectivity index (χ2n) is 6.37. The van der Waals surface area contributed by atoms with Gasteiger partial charge in [0.05, 0.1) is 0 Å². The summed E-state index contributed by atoms with van der Waals surface area (Å²) < 4.78 is 0. The van der Waals surface area contributed by atoms with E-state index in [0.717, 1.165) is 25.7 Å². The zero-order valence-corrected chi connectivity index (χ0v) is 13.2. The molecule has 20 heavy (non-hydrogen) atoms. The molecule has 1 saturated carbocycles. The van der Waals surface area contributed by atoms with Gasteiger partial charge in [0.15, 0.2) is 0 Å². The van der Waals surface area contributed by atoms with Gasteiger partial charge in [-0.3, -0.25) is 4.79 Å². The molecule has 0 radical (unpaired) electrons. The van der Waals surface area contributed by atoms with Crippen molar-refractivity contribution in [1.82, 2.24) is 4.90 Å². The highest BCUT2D eigenvalue weighted by Crippen LogP contribution is 2.27. The third kappa shape index (κ3) is 5.41. The Hall–Kier alpha value is -0.610. The maximum absolute atomic E-state index is 12.4. The van der Waals surface area contributed by atoms with Crippen molar-refractivity contribution in [1.29, 1.82) is 0 Å². The summed E-state index contributed by atoms with van der Waals surface area (Å²) in [5.74, 6) is 1.40. The van der Waals surface area contributed by atoms with Crippen molar-refractivity contribution in [3.8, 4) is 0 Å². The lowest BCUT2D eigenvalue weighted by Crippen LogP contribution is -2.45. The third-order valence-electron chi connectivity index (χ3n) is 4.60. The van der Waals surface area contributed by atoms with Crippen LogP contribution in [-0.2, 0) is 4.79 Å². The molecule has 1 aliphatic carbocycles. The van der Waals surface area contributed by atoms with Gasteiger partial charge < -0.3 is 15.7 Å². The van der Waals surface area contributed by atoms with Gasteiger partial charge in [0.1, 0.15) is 0 Å². The molecule has 0 aromatic carbocycles. The Bertz CT molecular complexity index is 278. The molecule has 3 N–H and O–H groups in total. The van der Waals surface area contributed by atoms with Crippen LogP contribution in [0.15, 0.2) is 0 Å². The minimum atomic E-state index is 0.165. The molecule has 0 bridgehead atoms. The predicted molar refractivity (Wildman–Crippen MR) is 82.3 cm³/mol. The van der Waals surface area contributed by atoms with Crippen molar-refractivity contribution < 1.29 is 9.90 Å². The van der Waals surface area contributed by atoms with Gasteiger partial charge in [-0.1, -0.05) is 13.8 Å². The van der Waals surface area contributed by atoms with Gasteiger partial charge in [-0.15, -0.1) is 0 Å². The summed E-state index contributed by atoms with van der Waals surface area (Å²) in [6, 6.07) is 0.432. The third-order valence-corrected chi connectivity index (χ3v) is 4.60. The average Bonchev–Trinajstić information content (AvgIpc) is 2.36. The molecule has 4 nitrogen and oxygen atoms in total. The molecule has 4 heteroatoms. The van der Waals surface area contributed by atoms with Crippen molar-refractivity contribution >= 4 is 5.91 Å². The maximum atomic E-state index is 12.4. The molecule has 1 fully saturated rings. The first kappa shape index (κ1) is 17.4. The van der Waals surface area contributed by atoms with Crippen LogP contribution in [0.25, 0.3) is 0 Å². The van der Waals surface area contributed by atoms with E-state index in [0.29, 0.717) is 43.8 Å². The van der Waals surface area contributed by atoms with Crippen LogP contribution in [0, 0.1) is 11.8 Å². The molecule has 0 spiro atoms. The normalized spacial score (nSPS) is 17.1. The minimum Gasteiger partial charge on any atom is -0.396 e. The van der Waals surface area contributed by atoms with Gasteiger partial charge in [-0.05, 0) is 56.9 Å². The summed E-state index contributed by atoms with van der Waals surface area (Å²) in [5, 5.41) is 8.98. The second-order valence-corrected chi connectivity index (χ2v) is 6.37. The van der Waals surface area contributed by atoms with Crippen LogP contribution < -0.4 is 5.73 Å². The largest absolute Gasteiger partial charge is 0.396 e. The van der Waals surface area contributed by atoms with Crippen LogP contribution in [0.4, 0.5) is 0 Å². The molecule has 1 atom stereocenters. The number of aliphatic hydroxyl groups is 1. The monoisotopic (exact) mass is 284 g/mol. The van der Waals surface area contributed by atoms with Gasteiger partial charge in [-0.25, -0.2) is 0 Å². The van der Waals surface area contributed by atoms with Crippen LogP contribution in [-0.4, -0.2) is 41.7 Å². The lowest BCUT2D eigenvalue weighted by molar-refractivity contribution is -0.135. The Morgan fingerprint density at radius 1 is 1.35 bits per heavy atom. The van der Waals surface area contributed by atoms with E-state index in [9.17, 15) is 4.79 Å². The number of carbonyl (C=O) groups excluding carboxylic acids is 1. The molecule has 0 aromatic rings. The molecule has 1 aliphatic rings. The van der Waals surface area contributed by atoms with E-state index in [4.69, 9.17) is 10.8 Å². The molecule has 0 saturated heterocycles. The van der Waals surface area contributed by atoms with Crippen LogP contribution >= 0.6 is 0 Å². The number of amides is 1. The molecule has 0 heterocycles. The van der Waals surface area contributed by atoms with Crippen molar-refractivity contribution in [2.75, 3.05) is 19.7 Å². The van der Waals surface area contributed by atoms with E-state index in [1.165, 1.54) is 6.42 Å². The van der Waals surface area contributed by atoms with Crippen LogP contribution in [0.3, 0.4) is 0 Å². The van der Waals surface area contributed by atoms with E-state index in [2.05, 4.69) is 13.8 Å². The van der Waals surface area contributed by atoms with Crippen molar-refractivity contribution in [2.24, 2.45) is 17.6 Å². The highest BCUT2D eigenvalue weighted by Gasteiger charge is 2.28. The van der Waals surface area contributed by atoms with Gasteiger partial charge in [0.25, 0.3) is 0 Å². The first-order chi connectivity index (χ1) is 9.60. The van der Waals surface area contributed by atoms with Crippen LogP contribution in [0.5, 0.6) is 0 Å². The summed E-state index contributed by atoms with van der Waals surface area (Å²) in [6.07, 6.45) is 6.76. The fraction of sp³-hybridized carbons (Fsp3) is 0.938. The molecular weight excluding hydrogens is 252 g/mol. The van der Waals surface area contributed by atoms with E-state index in [-0.39, 0.29) is 12.5 Å². The van der Waals surface area contributed by atoms with Gasteiger partial charge in [0.2, 0.25) is 5.91 Å². The lowest BCUT2D eigenvalue weighted by atomic mass is 9.87. The zero-order valence-electron chi connectivity index (χ0n) is 13.2. The molecule has 1 unspecified atom stereocenters. The zero-order chi connectivity index (χ0) is 15.0. The Kier molecular flexibility index (Phi) is 8.15. The van der Waals surface area contributed by atoms with Gasteiger partial charge in [-0.2, -0.15) is 0 Å². The Morgan fingerprint density at radius 3 is 2.50 bits per heavy atom. The van der Waals surface area contributed by atoms with E-state index in [1.807, 2.05) is 4.90 Å². The van der Waals surface area contributed by atoms with Crippen LogP contribution in [0.2, 0.25) is 0 Å². The maximum Gasteiger partial charge on any atom is 0.222 e. The first-order valence-corrected chi connectivity index (χ1v) is 8.20. The number of nitrogens with two attached hydrogens (primary N) is 1. The van der Waals surface area contributed by atoms with Gasteiger partial charge in [0, 0.05) is 25.6 Å². The molecular formula is C16H32N2O2. The SMILES string of the molecule is CC(C)C(CCN)CCC(=O)N(CCCO)C1CCC1. The summed E-state index contributed by atoms with van der Waals surface area (Å²) in [7, 11) is 0. The fourth-order valence-corrected chi connectivity index (χ4v) is 2.93. The Morgan fingerprint density at radius 2 is 2.05 bits per heavy atom. The number of hydrogen-bond donors (Lipinski definition) is 2. The molecule has 1 amide bonds. The molecule has 118 valence electrons. The van der Waals surface area contributed by atoms with Crippen molar-refractivity contribution in [3.05, 3.63) is 0 Å². The van der Waals surface area contributed by atoms with E-state index < -0.39 is 0 Å². The van der Waals surface area contributed by atoms with Crippen LogP contribution in [0.1, 0.15) is 58.8 Å². The smallest absolute Gasteiger partial charge is 0.222 e. The van der Waals surface area contributed by atoms with E-state index >= 15 is 0 Å². The Balaban J connectivity index is 2.43. The number of aliphatic hydroxyl groups excluding tert-OH is 1. The summed E-state index contributed by atoms with van der Waals surface area (Å²) >= 11 is 0. The van der Waals surface area contributed by atoms with E-state index in [1.54, 1.807) is 0 Å². The predicted octanol–water partition coefficient (Wildman–Crippen LogP) is 2.15. The fourth-order valence-electron chi connectivity index (χ4n) is 2.93. The topological polar surface area (TPSA) is 66.6 Å². The second kappa shape index (κ2) is 9.35. The number of hydrogen-bond acceptors (Lipinski definition) is 3. The quantitative estimate of drug-likeness (QED) is 0.646. The standard InChI is InChI=1S/C16H32N2O2/c1-13(2)14(9-10-17)7-8-16(20)18(11-4-12-19)15-5-3-6-15/h13-15,19H,3-12,17H2,1-2H3. The summed E-state index contributed by atoms with van der Waals surface area (Å²) in [6.45, 7) is 6.00. The summed E-state index contributed by atoms with van der Waals surface area (Å²) in [4.78, 5) is 14.4. The average molecular weight is 284 g/mol. The van der Waals surface area contributed by atoms with Gasteiger partial charge >= 0.3 is 0 Å². The van der Waals surface area contributed by atoms with Crippen molar-refractivity contribution in [3.63, 3.8) is 0 Å². The highest BCUT2D eigenvalue weighted by molar-refractivity contribution is 5.76. The summed E-state index contributed by atoms with van der Waals surface area (Å²) in [5.41, 5.74) is 5.65.